The minimum Gasteiger partial charge on any atom is -0.463 e. The van der Waals surface area contributed by atoms with Crippen molar-refractivity contribution in [3.8, 4) is 0 Å². The molecule has 0 aromatic carbocycles. The number of furan rings is 1. The molecule has 0 aliphatic rings. The summed E-state index contributed by atoms with van der Waals surface area (Å²) in [6, 6.07) is 0.187. The highest BCUT2D eigenvalue weighted by atomic mass is 32.2. The first-order valence-corrected chi connectivity index (χ1v) is 7.79. The lowest BCUT2D eigenvalue weighted by Gasteiger charge is -2.07. The third kappa shape index (κ3) is 4.48. The van der Waals surface area contributed by atoms with Crippen LogP contribution in [-0.4, -0.2) is 34.1 Å². The molecule has 2 N–H and O–H groups in total. The Morgan fingerprint density at radius 2 is 2.05 bits per heavy atom. The van der Waals surface area contributed by atoms with Gasteiger partial charge in [-0.3, -0.25) is 0 Å². The Hall–Kier alpha value is -2.03. The molecule has 21 heavy (non-hydrogen) atoms. The highest BCUT2D eigenvalue weighted by molar-refractivity contribution is 7.90. The van der Waals surface area contributed by atoms with Crippen LogP contribution in [0.15, 0.2) is 15.4 Å². The average Bonchev–Trinajstić information content (AvgIpc) is 2.80. The molecular weight excluding hydrogens is 300 g/mol. The number of rotatable bonds is 6. The number of aryl methyl sites for hydroxylation is 1. The van der Waals surface area contributed by atoms with Gasteiger partial charge in [-0.15, -0.1) is 0 Å². The summed E-state index contributed by atoms with van der Waals surface area (Å²) in [6.07, 6.45) is 1.61. The summed E-state index contributed by atoms with van der Waals surface area (Å²) in [6.45, 7) is 3.69. The second-order valence-electron chi connectivity index (χ2n) is 4.24. The smallest absolute Gasteiger partial charge is 0.373 e. The summed E-state index contributed by atoms with van der Waals surface area (Å²) in [5.74, 6) is -1.06. The van der Waals surface area contributed by atoms with E-state index in [9.17, 15) is 18.0 Å². The van der Waals surface area contributed by atoms with Gasteiger partial charge in [-0.1, -0.05) is 13.3 Å². The van der Waals surface area contributed by atoms with Gasteiger partial charge in [0.25, 0.3) is 10.0 Å². The number of nitrogens with one attached hydrogen (secondary N) is 2. The maximum Gasteiger partial charge on any atom is 0.373 e. The third-order valence-electron chi connectivity index (χ3n) is 2.59. The van der Waals surface area contributed by atoms with Crippen LogP contribution in [0.25, 0.3) is 0 Å². The number of methoxy groups -OCH3 is 1. The molecule has 0 aliphatic carbocycles. The van der Waals surface area contributed by atoms with Gasteiger partial charge in [0.2, 0.25) is 5.76 Å². The zero-order valence-electron chi connectivity index (χ0n) is 12.1. The molecule has 2 amide bonds. The van der Waals surface area contributed by atoms with Gasteiger partial charge in [0, 0.05) is 12.6 Å². The lowest BCUT2D eigenvalue weighted by molar-refractivity contribution is 0.0563. The quantitative estimate of drug-likeness (QED) is 0.601. The van der Waals surface area contributed by atoms with E-state index in [0.29, 0.717) is 6.54 Å². The van der Waals surface area contributed by atoms with Crippen molar-refractivity contribution in [3.63, 3.8) is 0 Å². The predicted octanol–water partition coefficient (Wildman–Crippen LogP) is 1.16. The summed E-state index contributed by atoms with van der Waals surface area (Å²) in [4.78, 5) is 22.5. The molecule has 8 nitrogen and oxygen atoms in total. The minimum absolute atomic E-state index is 0.00995. The van der Waals surface area contributed by atoms with Crippen LogP contribution in [0.1, 0.15) is 36.1 Å². The molecule has 0 atom stereocenters. The lowest BCUT2D eigenvalue weighted by Crippen LogP contribution is -2.39. The first-order chi connectivity index (χ1) is 9.81. The van der Waals surface area contributed by atoms with E-state index in [0.717, 1.165) is 26.0 Å². The van der Waals surface area contributed by atoms with Crippen LogP contribution in [0.5, 0.6) is 0 Å². The van der Waals surface area contributed by atoms with Crippen LogP contribution in [0.4, 0.5) is 4.79 Å². The first kappa shape index (κ1) is 17.0. The van der Waals surface area contributed by atoms with Gasteiger partial charge in [0.1, 0.15) is 10.7 Å². The Morgan fingerprint density at radius 3 is 2.62 bits per heavy atom. The second-order valence-corrected chi connectivity index (χ2v) is 5.89. The summed E-state index contributed by atoms with van der Waals surface area (Å²) >= 11 is 0. The fourth-order valence-corrected chi connectivity index (χ4v) is 2.63. The van der Waals surface area contributed by atoms with Crippen LogP contribution < -0.4 is 10.0 Å². The molecule has 1 aromatic heterocycles. The molecule has 0 saturated carbocycles. The number of unbranched alkanes of at least 4 members (excludes halogenated alkanes) is 1. The number of ether oxygens (including phenoxy) is 1. The van der Waals surface area contributed by atoms with E-state index < -0.39 is 22.0 Å². The molecule has 1 aromatic rings. The normalized spacial score (nSPS) is 11.0. The number of hydrogen-bond donors (Lipinski definition) is 2. The molecule has 1 rings (SSSR count). The molecule has 0 bridgehead atoms. The SMILES string of the molecule is CCCCNC(=O)NS(=O)(=O)c1cc(C(=O)OC)oc1C. The number of urea groups is 1. The van der Waals surface area contributed by atoms with Gasteiger partial charge in [-0.25, -0.2) is 22.7 Å². The van der Waals surface area contributed by atoms with Crippen molar-refractivity contribution in [3.05, 3.63) is 17.6 Å². The predicted molar refractivity (Wildman–Crippen MR) is 73.4 cm³/mol. The van der Waals surface area contributed by atoms with Crippen LogP contribution in [-0.2, 0) is 14.8 Å². The van der Waals surface area contributed by atoms with Gasteiger partial charge in [-0.05, 0) is 13.3 Å². The average molecular weight is 318 g/mol. The number of sulfonamides is 1. The van der Waals surface area contributed by atoms with Crippen molar-refractivity contribution >= 4 is 22.0 Å². The Balaban J connectivity index is 2.85. The molecular formula is C12H18N2O6S. The highest BCUT2D eigenvalue weighted by Gasteiger charge is 2.25. The van der Waals surface area contributed by atoms with Crippen LogP contribution in [0.3, 0.4) is 0 Å². The van der Waals surface area contributed by atoms with Crippen molar-refractivity contribution in [1.29, 1.82) is 0 Å². The van der Waals surface area contributed by atoms with Gasteiger partial charge < -0.3 is 14.5 Å². The summed E-state index contributed by atoms with van der Waals surface area (Å²) < 4.78 is 35.4. The van der Waals surface area contributed by atoms with E-state index in [2.05, 4.69) is 10.1 Å². The third-order valence-corrected chi connectivity index (χ3v) is 4.03. The second kappa shape index (κ2) is 7.11. The molecule has 118 valence electrons. The zero-order chi connectivity index (χ0) is 16.0. The molecule has 9 heteroatoms. The molecule has 0 saturated heterocycles. The zero-order valence-corrected chi connectivity index (χ0v) is 12.9. The topological polar surface area (TPSA) is 115 Å². The fourth-order valence-electron chi connectivity index (χ4n) is 1.53. The van der Waals surface area contributed by atoms with Crippen molar-refractivity contribution < 1.29 is 27.2 Å². The maximum absolute atomic E-state index is 12.0. The Morgan fingerprint density at radius 1 is 1.38 bits per heavy atom. The Labute approximate surface area is 122 Å². The lowest BCUT2D eigenvalue weighted by atomic mass is 10.3. The van der Waals surface area contributed by atoms with Gasteiger partial charge in [0.15, 0.2) is 0 Å². The van der Waals surface area contributed by atoms with Crippen LogP contribution >= 0.6 is 0 Å². The van der Waals surface area contributed by atoms with Crippen molar-refractivity contribution in [2.24, 2.45) is 0 Å². The molecule has 1 heterocycles. The molecule has 0 unspecified atom stereocenters. The van der Waals surface area contributed by atoms with Crippen molar-refractivity contribution in [2.45, 2.75) is 31.6 Å². The van der Waals surface area contributed by atoms with Crippen LogP contribution in [0.2, 0.25) is 0 Å². The Bertz CT molecular complexity index is 620. The van der Waals surface area contributed by atoms with Gasteiger partial charge >= 0.3 is 12.0 Å². The van der Waals surface area contributed by atoms with Gasteiger partial charge in [-0.2, -0.15) is 0 Å². The van der Waals surface area contributed by atoms with Crippen molar-refractivity contribution in [1.82, 2.24) is 10.0 Å². The monoisotopic (exact) mass is 318 g/mol. The molecule has 0 spiro atoms. The molecule has 0 radical (unpaired) electrons. The minimum atomic E-state index is -4.11. The van der Waals surface area contributed by atoms with Crippen molar-refractivity contribution in [2.75, 3.05) is 13.7 Å². The van der Waals surface area contributed by atoms with Crippen LogP contribution in [0, 0.1) is 6.92 Å². The number of esters is 1. The summed E-state index contributed by atoms with van der Waals surface area (Å²) in [5, 5.41) is 2.42. The van der Waals surface area contributed by atoms with E-state index in [1.807, 2.05) is 11.6 Å². The standard InChI is InChI=1S/C12H18N2O6S/c1-4-5-6-13-12(16)14-21(17,18)10-7-9(11(15)19-3)20-8(10)2/h7H,4-6H2,1-3H3,(H2,13,14,16). The first-order valence-electron chi connectivity index (χ1n) is 6.31. The Kier molecular flexibility index (Phi) is 5.77. The number of carbonyl (C=O) groups is 2. The van der Waals surface area contributed by atoms with E-state index >= 15 is 0 Å². The highest BCUT2D eigenvalue weighted by Crippen LogP contribution is 2.20. The number of hydrogen-bond acceptors (Lipinski definition) is 6. The number of carbonyl (C=O) groups excluding carboxylic acids is 2. The van der Waals surface area contributed by atoms with E-state index in [1.165, 1.54) is 6.92 Å². The molecule has 0 fully saturated rings. The molecule has 0 aliphatic heterocycles. The summed E-state index contributed by atoms with van der Waals surface area (Å²) in [5.41, 5.74) is 0. The summed E-state index contributed by atoms with van der Waals surface area (Å²) in [7, 11) is -2.97. The fraction of sp³-hybridized carbons (Fsp3) is 0.500. The van der Waals surface area contributed by atoms with E-state index in [1.54, 1.807) is 0 Å². The maximum atomic E-state index is 12.0. The number of amides is 2. The van der Waals surface area contributed by atoms with E-state index in [-0.39, 0.29) is 16.4 Å². The van der Waals surface area contributed by atoms with E-state index in [4.69, 9.17) is 4.42 Å². The largest absolute Gasteiger partial charge is 0.463 e. The van der Waals surface area contributed by atoms with Gasteiger partial charge in [0.05, 0.1) is 7.11 Å².